The number of amides is 1. The molecule has 1 heterocycles. The topological polar surface area (TPSA) is 112 Å². The fourth-order valence-electron chi connectivity index (χ4n) is 3.05. The van der Waals surface area contributed by atoms with Gasteiger partial charge in [-0.25, -0.2) is 14.6 Å². The molecule has 0 aliphatic carbocycles. The van der Waals surface area contributed by atoms with E-state index in [1.165, 1.54) is 4.90 Å². The second-order valence-electron chi connectivity index (χ2n) is 7.21. The molecule has 0 saturated heterocycles. The largest absolute Gasteiger partial charge is 0.462 e. The maximum Gasteiger partial charge on any atom is 0.350 e. The van der Waals surface area contributed by atoms with Crippen molar-refractivity contribution in [2.24, 2.45) is 0 Å². The van der Waals surface area contributed by atoms with Crippen LogP contribution in [0.4, 0.5) is 10.8 Å². The van der Waals surface area contributed by atoms with Gasteiger partial charge >= 0.3 is 11.9 Å². The summed E-state index contributed by atoms with van der Waals surface area (Å²) in [4.78, 5) is 44.0. The van der Waals surface area contributed by atoms with Crippen molar-refractivity contribution in [1.29, 1.82) is 0 Å². The summed E-state index contributed by atoms with van der Waals surface area (Å²) >= 11 is 1.06. The van der Waals surface area contributed by atoms with Crippen LogP contribution in [-0.4, -0.2) is 36.0 Å². The number of anilines is 2. The summed E-state index contributed by atoms with van der Waals surface area (Å²) in [6, 6.07) is 14.3. The Labute approximate surface area is 196 Å². The van der Waals surface area contributed by atoms with Crippen LogP contribution in [0.5, 0.6) is 0 Å². The Hall–Kier alpha value is -3.72. The summed E-state index contributed by atoms with van der Waals surface area (Å²) in [5.74, 6) is -1.67. The predicted octanol–water partition coefficient (Wildman–Crippen LogP) is 3.91. The zero-order valence-corrected chi connectivity index (χ0v) is 19.5. The minimum atomic E-state index is -0.688. The lowest BCUT2D eigenvalue weighted by Crippen LogP contribution is -2.34. The SMILES string of the molecule is CCOC(=O)c1sc(N(Cc2ccccc2)C(=O)COC(=O)c2cccc(C)c2N)nc1C. The molecule has 0 atom stereocenters. The van der Waals surface area contributed by atoms with Gasteiger partial charge in [0.25, 0.3) is 5.91 Å². The van der Waals surface area contributed by atoms with Gasteiger partial charge in [0.1, 0.15) is 4.88 Å². The molecule has 33 heavy (non-hydrogen) atoms. The number of ether oxygens (including phenoxy) is 2. The third kappa shape index (κ3) is 5.75. The fraction of sp³-hybridized carbons (Fsp3) is 0.250. The van der Waals surface area contributed by atoms with Crippen LogP contribution < -0.4 is 10.6 Å². The molecule has 8 nitrogen and oxygen atoms in total. The van der Waals surface area contributed by atoms with Crippen LogP contribution in [0.3, 0.4) is 0 Å². The van der Waals surface area contributed by atoms with E-state index >= 15 is 0 Å². The lowest BCUT2D eigenvalue weighted by atomic mass is 10.1. The van der Waals surface area contributed by atoms with Gasteiger partial charge in [0.05, 0.1) is 24.4 Å². The van der Waals surface area contributed by atoms with Crippen LogP contribution in [0.1, 0.15) is 43.8 Å². The van der Waals surface area contributed by atoms with E-state index in [0.717, 1.165) is 22.5 Å². The first-order chi connectivity index (χ1) is 15.8. The third-order valence-corrected chi connectivity index (χ3v) is 5.99. The van der Waals surface area contributed by atoms with E-state index in [1.54, 1.807) is 39.0 Å². The summed E-state index contributed by atoms with van der Waals surface area (Å²) in [7, 11) is 0. The zero-order chi connectivity index (χ0) is 24.0. The van der Waals surface area contributed by atoms with Crippen LogP contribution in [0.15, 0.2) is 48.5 Å². The lowest BCUT2D eigenvalue weighted by molar-refractivity contribution is -0.121. The highest BCUT2D eigenvalue weighted by Gasteiger charge is 2.25. The highest BCUT2D eigenvalue weighted by Crippen LogP contribution is 2.28. The van der Waals surface area contributed by atoms with Crippen molar-refractivity contribution in [3.05, 3.63) is 75.8 Å². The standard InChI is InChI=1S/C24H25N3O5S/c1-4-31-23(30)21-16(3)26-24(33-21)27(13-17-10-6-5-7-11-17)19(28)14-32-22(29)18-12-8-9-15(2)20(18)25/h5-12H,4,13-14,25H2,1-3H3. The number of rotatable bonds is 8. The Kier molecular flexibility index (Phi) is 7.78. The zero-order valence-electron chi connectivity index (χ0n) is 18.7. The number of hydrogen-bond donors (Lipinski definition) is 1. The quantitative estimate of drug-likeness (QED) is 0.395. The van der Waals surface area contributed by atoms with E-state index in [1.807, 2.05) is 30.3 Å². The molecule has 0 spiro atoms. The van der Waals surface area contributed by atoms with Crippen LogP contribution >= 0.6 is 11.3 Å². The number of benzene rings is 2. The van der Waals surface area contributed by atoms with Gasteiger partial charge in [-0.2, -0.15) is 0 Å². The number of hydrogen-bond acceptors (Lipinski definition) is 8. The van der Waals surface area contributed by atoms with Gasteiger partial charge in [-0.1, -0.05) is 53.8 Å². The number of thiazole rings is 1. The second kappa shape index (κ2) is 10.7. The maximum atomic E-state index is 13.1. The monoisotopic (exact) mass is 467 g/mol. The molecule has 0 bridgehead atoms. The normalized spacial score (nSPS) is 10.5. The average molecular weight is 468 g/mol. The molecule has 0 radical (unpaired) electrons. The number of carbonyl (C=O) groups is 3. The van der Waals surface area contributed by atoms with E-state index in [2.05, 4.69) is 4.98 Å². The molecule has 1 aromatic heterocycles. The number of carbonyl (C=O) groups excluding carboxylic acids is 3. The molecule has 3 rings (SSSR count). The molecule has 2 aromatic carbocycles. The molecular formula is C24H25N3O5S. The Bertz CT molecular complexity index is 1160. The van der Waals surface area contributed by atoms with Crippen molar-refractivity contribution in [2.45, 2.75) is 27.3 Å². The summed E-state index contributed by atoms with van der Waals surface area (Å²) in [6.07, 6.45) is 0. The number of nitrogens with zero attached hydrogens (tertiary/aromatic N) is 2. The third-order valence-electron chi connectivity index (χ3n) is 4.83. The summed E-state index contributed by atoms with van der Waals surface area (Å²) in [6.45, 7) is 5.10. The molecule has 0 aliphatic heterocycles. The highest BCUT2D eigenvalue weighted by molar-refractivity contribution is 7.17. The minimum absolute atomic E-state index is 0.193. The van der Waals surface area contributed by atoms with Crippen molar-refractivity contribution in [2.75, 3.05) is 23.8 Å². The highest BCUT2D eigenvalue weighted by atomic mass is 32.1. The molecule has 0 aliphatic rings. The Morgan fingerprint density at radius 2 is 1.73 bits per heavy atom. The minimum Gasteiger partial charge on any atom is -0.462 e. The molecule has 3 aromatic rings. The number of nitrogen functional groups attached to an aromatic ring is 1. The van der Waals surface area contributed by atoms with Crippen molar-refractivity contribution in [1.82, 2.24) is 4.98 Å². The van der Waals surface area contributed by atoms with Gasteiger partial charge in [-0.15, -0.1) is 0 Å². The van der Waals surface area contributed by atoms with E-state index in [9.17, 15) is 14.4 Å². The number of nitrogens with two attached hydrogens (primary N) is 1. The first-order valence-electron chi connectivity index (χ1n) is 10.3. The summed E-state index contributed by atoms with van der Waals surface area (Å²) < 4.78 is 10.3. The van der Waals surface area contributed by atoms with E-state index in [4.69, 9.17) is 15.2 Å². The number of esters is 2. The van der Waals surface area contributed by atoms with Gasteiger partial charge in [0.2, 0.25) is 0 Å². The number of aryl methyl sites for hydroxylation is 2. The second-order valence-corrected chi connectivity index (χ2v) is 8.19. The lowest BCUT2D eigenvalue weighted by Gasteiger charge is -2.20. The van der Waals surface area contributed by atoms with Crippen molar-refractivity contribution in [3.8, 4) is 0 Å². The van der Waals surface area contributed by atoms with Crippen LogP contribution in [0.25, 0.3) is 0 Å². The Morgan fingerprint density at radius 3 is 2.42 bits per heavy atom. The maximum absolute atomic E-state index is 13.1. The van der Waals surface area contributed by atoms with Gasteiger partial charge in [0.15, 0.2) is 11.7 Å². The molecule has 0 unspecified atom stereocenters. The average Bonchev–Trinajstić information content (AvgIpc) is 3.19. The van der Waals surface area contributed by atoms with Gasteiger partial charge < -0.3 is 15.2 Å². The van der Waals surface area contributed by atoms with Crippen LogP contribution in [-0.2, 0) is 20.8 Å². The van der Waals surface area contributed by atoms with Crippen molar-refractivity contribution in [3.63, 3.8) is 0 Å². The van der Waals surface area contributed by atoms with Gasteiger partial charge in [0, 0.05) is 5.69 Å². The number of aromatic nitrogens is 1. The van der Waals surface area contributed by atoms with E-state index in [0.29, 0.717) is 21.4 Å². The summed E-state index contributed by atoms with van der Waals surface area (Å²) in [5, 5.41) is 0.315. The smallest absolute Gasteiger partial charge is 0.350 e. The van der Waals surface area contributed by atoms with Crippen molar-refractivity contribution < 1.29 is 23.9 Å². The van der Waals surface area contributed by atoms with E-state index in [-0.39, 0.29) is 18.7 Å². The van der Waals surface area contributed by atoms with Gasteiger partial charge in [-0.3, -0.25) is 9.69 Å². The predicted molar refractivity (Wildman–Crippen MR) is 126 cm³/mol. The molecule has 0 fully saturated rings. The molecule has 9 heteroatoms. The Balaban J connectivity index is 1.83. The molecule has 1 amide bonds. The fourth-order valence-corrected chi connectivity index (χ4v) is 4.03. The Morgan fingerprint density at radius 1 is 1.00 bits per heavy atom. The molecule has 2 N–H and O–H groups in total. The first-order valence-corrected chi connectivity index (χ1v) is 11.1. The molecular weight excluding hydrogens is 442 g/mol. The number of para-hydroxylation sites is 1. The van der Waals surface area contributed by atoms with Crippen LogP contribution in [0.2, 0.25) is 0 Å². The molecule has 172 valence electrons. The van der Waals surface area contributed by atoms with Crippen LogP contribution in [0, 0.1) is 13.8 Å². The molecule has 0 saturated carbocycles. The summed E-state index contributed by atoms with van der Waals surface area (Å²) in [5.41, 5.74) is 8.54. The van der Waals surface area contributed by atoms with Gasteiger partial charge in [-0.05, 0) is 38.0 Å². The van der Waals surface area contributed by atoms with Crippen molar-refractivity contribution >= 4 is 40.0 Å². The first kappa shape index (κ1) is 23.9. The van der Waals surface area contributed by atoms with E-state index < -0.39 is 24.5 Å².